The van der Waals surface area contributed by atoms with Crippen molar-refractivity contribution in [3.05, 3.63) is 0 Å². The van der Waals surface area contributed by atoms with Crippen LogP contribution in [0, 0.1) is 11.8 Å². The summed E-state index contributed by atoms with van der Waals surface area (Å²) in [7, 11) is 0. The van der Waals surface area contributed by atoms with Crippen LogP contribution in [-0.4, -0.2) is 37.5 Å². The van der Waals surface area contributed by atoms with Crippen molar-refractivity contribution in [2.75, 3.05) is 13.1 Å². The molecule has 0 aromatic carbocycles. The molecule has 6 nitrogen and oxygen atoms in total. The average Bonchev–Trinajstić information content (AvgIpc) is 2.67. The zero-order valence-electron chi connectivity index (χ0n) is 17.8. The van der Waals surface area contributed by atoms with Crippen molar-refractivity contribution in [3.63, 3.8) is 0 Å². The maximum absolute atomic E-state index is 11.9. The van der Waals surface area contributed by atoms with Crippen molar-refractivity contribution in [3.8, 4) is 0 Å². The fourth-order valence-corrected chi connectivity index (χ4v) is 4.26. The lowest BCUT2D eigenvalue weighted by Gasteiger charge is -2.28. The Bertz CT molecular complexity index is 429. The molecule has 2 saturated carbocycles. The number of carbonyl (C=O) groups excluding carboxylic acids is 2. The third-order valence-corrected chi connectivity index (χ3v) is 6.22. The van der Waals surface area contributed by atoms with Gasteiger partial charge < -0.3 is 20.1 Å². The normalized spacial score (nSPS) is 27.6. The number of nitrogens with one attached hydrogen (secondary N) is 2. The Balaban J connectivity index is 1.41. The molecule has 2 fully saturated rings. The van der Waals surface area contributed by atoms with Crippen LogP contribution in [0.5, 0.6) is 0 Å². The quantitative estimate of drug-likeness (QED) is 0.528. The molecule has 0 unspecified atom stereocenters. The molecule has 0 aliphatic heterocycles. The van der Waals surface area contributed by atoms with Crippen LogP contribution in [-0.2, 0) is 9.47 Å². The summed E-state index contributed by atoms with van der Waals surface area (Å²) in [5, 5.41) is 5.72. The van der Waals surface area contributed by atoms with Crippen LogP contribution in [0.25, 0.3) is 0 Å². The molecule has 0 radical (unpaired) electrons. The Hall–Kier alpha value is -1.46. The monoisotopic (exact) mass is 396 g/mol. The highest BCUT2D eigenvalue weighted by Gasteiger charge is 2.25. The SMILES string of the molecule is C[C@@H]1CCCC[C@@H]1OC(=O)NCCCCCCNC(=O)O[C@@H]1CCCC[C@@H]1C. The molecule has 0 heterocycles. The van der Waals surface area contributed by atoms with E-state index < -0.39 is 0 Å². The number of ether oxygens (including phenoxy) is 2. The Labute approximate surface area is 170 Å². The Kier molecular flexibility index (Phi) is 10.5. The molecular formula is C22H40N2O4. The van der Waals surface area contributed by atoms with Gasteiger partial charge in [0.25, 0.3) is 0 Å². The van der Waals surface area contributed by atoms with Crippen molar-refractivity contribution in [2.24, 2.45) is 11.8 Å². The topological polar surface area (TPSA) is 76.7 Å². The Morgan fingerprint density at radius 2 is 1.07 bits per heavy atom. The predicted molar refractivity (Wildman–Crippen MR) is 110 cm³/mol. The fraction of sp³-hybridized carbons (Fsp3) is 0.909. The summed E-state index contributed by atoms with van der Waals surface area (Å²) in [6, 6.07) is 0. The van der Waals surface area contributed by atoms with E-state index in [1.54, 1.807) is 0 Å². The maximum Gasteiger partial charge on any atom is 0.407 e. The number of unbranched alkanes of at least 4 members (excludes halogenated alkanes) is 3. The molecule has 2 aliphatic carbocycles. The Morgan fingerprint density at radius 3 is 1.46 bits per heavy atom. The lowest BCUT2D eigenvalue weighted by Crippen LogP contribution is -2.34. The van der Waals surface area contributed by atoms with E-state index in [9.17, 15) is 9.59 Å². The number of rotatable bonds is 9. The van der Waals surface area contributed by atoms with Gasteiger partial charge in [-0.3, -0.25) is 0 Å². The number of hydrogen-bond acceptors (Lipinski definition) is 4. The van der Waals surface area contributed by atoms with Crippen molar-refractivity contribution in [2.45, 2.75) is 103 Å². The number of alkyl carbamates (subject to hydrolysis) is 2. The van der Waals surface area contributed by atoms with E-state index in [4.69, 9.17) is 9.47 Å². The highest BCUT2D eigenvalue weighted by atomic mass is 16.6. The van der Waals surface area contributed by atoms with Crippen LogP contribution in [0.1, 0.15) is 90.9 Å². The summed E-state index contributed by atoms with van der Waals surface area (Å²) in [5.74, 6) is 0.944. The zero-order chi connectivity index (χ0) is 20.2. The first-order valence-corrected chi connectivity index (χ1v) is 11.4. The number of hydrogen-bond donors (Lipinski definition) is 2. The lowest BCUT2D eigenvalue weighted by molar-refractivity contribution is 0.0429. The van der Waals surface area contributed by atoms with Crippen molar-refractivity contribution >= 4 is 12.2 Å². The fourth-order valence-electron chi connectivity index (χ4n) is 4.26. The third kappa shape index (κ3) is 8.70. The second kappa shape index (κ2) is 12.9. The molecule has 0 bridgehead atoms. The standard InChI is InChI=1S/C22H40N2O4/c1-17-11-5-7-13-19(17)27-21(25)23-15-9-3-4-10-16-24-22(26)28-20-14-8-6-12-18(20)2/h17-20H,3-16H2,1-2H3,(H,23,25)(H,24,26)/t17-,18+,19+,20-. The van der Waals surface area contributed by atoms with Gasteiger partial charge in [-0.1, -0.05) is 39.5 Å². The molecule has 0 saturated heterocycles. The van der Waals surface area contributed by atoms with Gasteiger partial charge in [0, 0.05) is 13.1 Å². The molecule has 28 heavy (non-hydrogen) atoms. The van der Waals surface area contributed by atoms with Crippen LogP contribution < -0.4 is 10.6 Å². The van der Waals surface area contributed by atoms with Crippen LogP contribution in [0.4, 0.5) is 9.59 Å². The van der Waals surface area contributed by atoms with Crippen LogP contribution in [0.15, 0.2) is 0 Å². The van der Waals surface area contributed by atoms with Crippen molar-refractivity contribution in [1.82, 2.24) is 10.6 Å². The second-order valence-electron chi connectivity index (χ2n) is 8.68. The van der Waals surface area contributed by atoms with E-state index in [1.807, 2.05) is 0 Å². The molecule has 4 atom stereocenters. The minimum absolute atomic E-state index is 0.0798. The second-order valence-corrected chi connectivity index (χ2v) is 8.68. The molecule has 0 aromatic rings. The lowest BCUT2D eigenvalue weighted by atomic mass is 9.88. The summed E-state index contributed by atoms with van der Waals surface area (Å²) >= 11 is 0. The smallest absolute Gasteiger partial charge is 0.407 e. The molecule has 2 N–H and O–H groups in total. The van der Waals surface area contributed by atoms with E-state index in [0.29, 0.717) is 24.9 Å². The van der Waals surface area contributed by atoms with Gasteiger partial charge in [-0.15, -0.1) is 0 Å². The molecule has 0 spiro atoms. The Morgan fingerprint density at radius 1 is 0.679 bits per heavy atom. The molecule has 2 rings (SSSR count). The van der Waals surface area contributed by atoms with Crippen LogP contribution in [0.2, 0.25) is 0 Å². The van der Waals surface area contributed by atoms with Crippen molar-refractivity contribution in [1.29, 1.82) is 0 Å². The van der Waals surface area contributed by atoms with E-state index in [0.717, 1.165) is 64.2 Å². The summed E-state index contributed by atoms with van der Waals surface area (Å²) < 4.78 is 11.1. The molecular weight excluding hydrogens is 356 g/mol. The molecule has 2 amide bonds. The minimum Gasteiger partial charge on any atom is -0.446 e. The van der Waals surface area contributed by atoms with Crippen LogP contribution in [0.3, 0.4) is 0 Å². The average molecular weight is 397 g/mol. The third-order valence-electron chi connectivity index (χ3n) is 6.22. The zero-order valence-corrected chi connectivity index (χ0v) is 17.8. The number of carbonyl (C=O) groups is 2. The van der Waals surface area contributed by atoms with E-state index in [-0.39, 0.29) is 24.4 Å². The maximum atomic E-state index is 11.9. The van der Waals surface area contributed by atoms with E-state index >= 15 is 0 Å². The van der Waals surface area contributed by atoms with Gasteiger partial charge in [0.15, 0.2) is 0 Å². The van der Waals surface area contributed by atoms with Gasteiger partial charge >= 0.3 is 12.2 Å². The number of amides is 2. The highest BCUT2D eigenvalue weighted by Crippen LogP contribution is 2.27. The van der Waals surface area contributed by atoms with Gasteiger partial charge in [0.05, 0.1) is 0 Å². The van der Waals surface area contributed by atoms with Gasteiger partial charge in [0.1, 0.15) is 12.2 Å². The summed E-state index contributed by atoms with van der Waals surface area (Å²) in [4.78, 5) is 23.7. The molecule has 162 valence electrons. The van der Waals surface area contributed by atoms with Gasteiger partial charge in [-0.05, 0) is 63.2 Å². The van der Waals surface area contributed by atoms with Gasteiger partial charge in [-0.25, -0.2) is 9.59 Å². The van der Waals surface area contributed by atoms with E-state index in [1.165, 1.54) is 12.8 Å². The first kappa shape index (κ1) is 22.8. The summed E-state index contributed by atoms with van der Waals surface area (Å²) in [6.45, 7) is 5.62. The summed E-state index contributed by atoms with van der Waals surface area (Å²) in [5.41, 5.74) is 0. The van der Waals surface area contributed by atoms with Crippen molar-refractivity contribution < 1.29 is 19.1 Å². The molecule has 0 aromatic heterocycles. The van der Waals surface area contributed by atoms with Gasteiger partial charge in [-0.2, -0.15) is 0 Å². The molecule has 6 heteroatoms. The first-order valence-electron chi connectivity index (χ1n) is 11.4. The van der Waals surface area contributed by atoms with Crippen LogP contribution >= 0.6 is 0 Å². The predicted octanol–water partition coefficient (Wildman–Crippen LogP) is 5.16. The molecule has 2 aliphatic rings. The largest absolute Gasteiger partial charge is 0.446 e. The minimum atomic E-state index is -0.278. The first-order chi connectivity index (χ1) is 13.6. The highest BCUT2D eigenvalue weighted by molar-refractivity contribution is 5.67. The van der Waals surface area contributed by atoms with Gasteiger partial charge in [0.2, 0.25) is 0 Å². The van der Waals surface area contributed by atoms with E-state index in [2.05, 4.69) is 24.5 Å². The summed E-state index contributed by atoms with van der Waals surface area (Å²) in [6.07, 6.45) is 12.6.